The second kappa shape index (κ2) is 4.39. The van der Waals surface area contributed by atoms with Crippen molar-refractivity contribution in [2.75, 3.05) is 5.32 Å². The minimum absolute atomic E-state index is 0.0162. The van der Waals surface area contributed by atoms with Crippen molar-refractivity contribution in [2.24, 2.45) is 5.73 Å². The molecular formula is C17H13N3O2. The van der Waals surface area contributed by atoms with E-state index in [1.165, 1.54) is 0 Å². The fourth-order valence-corrected chi connectivity index (χ4v) is 2.91. The number of phenols is 1. The van der Waals surface area contributed by atoms with E-state index >= 15 is 0 Å². The molecule has 5 heteroatoms. The molecule has 22 heavy (non-hydrogen) atoms. The Morgan fingerprint density at radius 3 is 2.68 bits per heavy atom. The van der Waals surface area contributed by atoms with Crippen LogP contribution < -0.4 is 11.1 Å². The van der Waals surface area contributed by atoms with E-state index in [-0.39, 0.29) is 5.75 Å². The number of aromatic amines is 1. The Morgan fingerprint density at radius 2 is 1.86 bits per heavy atom. The van der Waals surface area contributed by atoms with Crippen LogP contribution in [0.25, 0.3) is 32.6 Å². The van der Waals surface area contributed by atoms with E-state index < -0.39 is 6.03 Å². The maximum Gasteiger partial charge on any atom is 0.316 e. The highest BCUT2D eigenvalue weighted by Crippen LogP contribution is 2.36. The lowest BCUT2D eigenvalue weighted by molar-refractivity contribution is 0.259. The zero-order chi connectivity index (χ0) is 15.3. The normalized spacial score (nSPS) is 11.3. The van der Waals surface area contributed by atoms with Crippen molar-refractivity contribution in [1.29, 1.82) is 0 Å². The highest BCUT2D eigenvalue weighted by molar-refractivity contribution is 6.17. The van der Waals surface area contributed by atoms with Crippen LogP contribution >= 0.6 is 0 Å². The van der Waals surface area contributed by atoms with E-state index in [0.29, 0.717) is 5.69 Å². The minimum atomic E-state index is -0.707. The van der Waals surface area contributed by atoms with Crippen molar-refractivity contribution < 1.29 is 9.90 Å². The number of phenolic OH excluding ortho intramolecular Hbond substituents is 1. The molecule has 2 amide bonds. The zero-order valence-corrected chi connectivity index (χ0v) is 11.6. The van der Waals surface area contributed by atoms with Crippen molar-refractivity contribution in [1.82, 2.24) is 4.98 Å². The molecule has 108 valence electrons. The van der Waals surface area contributed by atoms with Gasteiger partial charge in [0, 0.05) is 21.7 Å². The zero-order valence-electron chi connectivity index (χ0n) is 11.6. The summed E-state index contributed by atoms with van der Waals surface area (Å²) in [6, 6.07) is 14.7. The number of amides is 2. The summed E-state index contributed by atoms with van der Waals surface area (Å²) >= 11 is 0. The van der Waals surface area contributed by atoms with E-state index in [1.54, 1.807) is 12.1 Å². The Morgan fingerprint density at radius 1 is 1.05 bits per heavy atom. The smallest absolute Gasteiger partial charge is 0.316 e. The molecule has 1 aromatic heterocycles. The van der Waals surface area contributed by atoms with Crippen LogP contribution in [0.4, 0.5) is 10.5 Å². The summed E-state index contributed by atoms with van der Waals surface area (Å²) in [6.07, 6.45) is 0. The predicted molar refractivity (Wildman–Crippen MR) is 88.2 cm³/mol. The molecule has 4 aromatic rings. The summed E-state index contributed by atoms with van der Waals surface area (Å²) in [6.45, 7) is 0. The molecule has 5 N–H and O–H groups in total. The first-order chi connectivity index (χ1) is 10.6. The van der Waals surface area contributed by atoms with Gasteiger partial charge in [-0.05, 0) is 23.6 Å². The SMILES string of the molecule is NC(=O)Nc1cc2ccc3c4ccccc4[nH]c3c2cc1O. The highest BCUT2D eigenvalue weighted by Gasteiger charge is 2.11. The maximum absolute atomic E-state index is 11.0. The quantitative estimate of drug-likeness (QED) is 0.403. The van der Waals surface area contributed by atoms with Gasteiger partial charge in [-0.1, -0.05) is 30.3 Å². The number of H-pyrrole nitrogens is 1. The Kier molecular flexibility index (Phi) is 2.50. The molecule has 3 aromatic carbocycles. The molecule has 0 radical (unpaired) electrons. The molecule has 0 saturated carbocycles. The fraction of sp³-hybridized carbons (Fsp3) is 0. The second-order valence-corrected chi connectivity index (χ2v) is 5.24. The third kappa shape index (κ3) is 1.76. The average molecular weight is 291 g/mol. The summed E-state index contributed by atoms with van der Waals surface area (Å²) in [5.41, 5.74) is 7.42. The predicted octanol–water partition coefficient (Wildman–Crippen LogP) is 3.67. The van der Waals surface area contributed by atoms with Gasteiger partial charge in [0.2, 0.25) is 0 Å². The lowest BCUT2D eigenvalue weighted by Crippen LogP contribution is -2.19. The molecule has 1 heterocycles. The first-order valence-corrected chi connectivity index (χ1v) is 6.86. The summed E-state index contributed by atoms with van der Waals surface area (Å²) in [5.74, 6) is -0.0162. The van der Waals surface area contributed by atoms with Crippen molar-refractivity contribution in [3.8, 4) is 5.75 Å². The number of rotatable bonds is 1. The molecule has 5 nitrogen and oxygen atoms in total. The van der Waals surface area contributed by atoms with Gasteiger partial charge in [-0.25, -0.2) is 4.79 Å². The lowest BCUT2D eigenvalue weighted by Gasteiger charge is -2.08. The van der Waals surface area contributed by atoms with E-state index in [9.17, 15) is 9.90 Å². The third-order valence-corrected chi connectivity index (χ3v) is 3.87. The molecule has 0 atom stereocenters. The number of primary amides is 1. The highest BCUT2D eigenvalue weighted by atomic mass is 16.3. The first-order valence-electron chi connectivity index (χ1n) is 6.86. The van der Waals surface area contributed by atoms with Gasteiger partial charge in [-0.3, -0.25) is 0 Å². The van der Waals surface area contributed by atoms with Gasteiger partial charge in [0.15, 0.2) is 0 Å². The number of benzene rings is 3. The van der Waals surface area contributed by atoms with E-state index in [0.717, 1.165) is 32.6 Å². The molecule has 0 aliphatic heterocycles. The molecule has 0 aliphatic carbocycles. The number of anilines is 1. The Hall–Kier alpha value is -3.21. The van der Waals surface area contributed by atoms with E-state index in [4.69, 9.17) is 5.73 Å². The third-order valence-electron chi connectivity index (χ3n) is 3.87. The summed E-state index contributed by atoms with van der Waals surface area (Å²) in [5, 5.41) is 16.6. The van der Waals surface area contributed by atoms with Gasteiger partial charge in [0.25, 0.3) is 0 Å². The van der Waals surface area contributed by atoms with Crippen molar-refractivity contribution >= 4 is 44.3 Å². The summed E-state index contributed by atoms with van der Waals surface area (Å²) in [4.78, 5) is 14.4. The number of carbonyl (C=O) groups excluding carboxylic acids is 1. The van der Waals surface area contributed by atoms with Crippen LogP contribution in [0.15, 0.2) is 48.5 Å². The number of urea groups is 1. The number of para-hydroxylation sites is 1. The maximum atomic E-state index is 11.0. The number of nitrogens with two attached hydrogens (primary N) is 1. The van der Waals surface area contributed by atoms with Gasteiger partial charge < -0.3 is 21.1 Å². The topological polar surface area (TPSA) is 91.1 Å². The van der Waals surface area contributed by atoms with Gasteiger partial charge >= 0.3 is 6.03 Å². The van der Waals surface area contributed by atoms with Crippen LogP contribution in [0, 0.1) is 0 Å². The number of fused-ring (bicyclic) bond motifs is 5. The number of nitrogens with one attached hydrogen (secondary N) is 2. The number of hydrogen-bond acceptors (Lipinski definition) is 2. The molecule has 0 fully saturated rings. The van der Waals surface area contributed by atoms with Crippen LogP contribution in [0.5, 0.6) is 5.75 Å². The minimum Gasteiger partial charge on any atom is -0.506 e. The Balaban J connectivity index is 2.07. The van der Waals surface area contributed by atoms with Gasteiger partial charge in [0.1, 0.15) is 5.75 Å². The number of hydrogen-bond donors (Lipinski definition) is 4. The first kappa shape index (κ1) is 12.5. The fourth-order valence-electron chi connectivity index (χ4n) is 2.91. The van der Waals surface area contributed by atoms with Gasteiger partial charge in [-0.15, -0.1) is 0 Å². The summed E-state index contributed by atoms with van der Waals surface area (Å²) in [7, 11) is 0. The molecule has 0 unspecified atom stereocenters. The van der Waals surface area contributed by atoms with Crippen LogP contribution in [-0.4, -0.2) is 16.1 Å². The van der Waals surface area contributed by atoms with Crippen LogP contribution in [0.1, 0.15) is 0 Å². The molecule has 0 spiro atoms. The molecular weight excluding hydrogens is 278 g/mol. The average Bonchev–Trinajstić information content (AvgIpc) is 2.87. The van der Waals surface area contributed by atoms with Crippen molar-refractivity contribution in [3.63, 3.8) is 0 Å². The van der Waals surface area contributed by atoms with Crippen LogP contribution in [0.2, 0.25) is 0 Å². The Bertz CT molecular complexity index is 1050. The van der Waals surface area contributed by atoms with Crippen LogP contribution in [-0.2, 0) is 0 Å². The Labute approximate surface area is 125 Å². The van der Waals surface area contributed by atoms with Crippen LogP contribution in [0.3, 0.4) is 0 Å². The van der Waals surface area contributed by atoms with E-state index in [1.807, 2.05) is 30.3 Å². The summed E-state index contributed by atoms with van der Waals surface area (Å²) < 4.78 is 0. The van der Waals surface area contributed by atoms with Crippen molar-refractivity contribution in [3.05, 3.63) is 48.5 Å². The van der Waals surface area contributed by atoms with E-state index in [2.05, 4.69) is 16.4 Å². The van der Waals surface area contributed by atoms with Gasteiger partial charge in [0.05, 0.1) is 11.2 Å². The molecule has 0 bridgehead atoms. The monoisotopic (exact) mass is 291 g/mol. The van der Waals surface area contributed by atoms with Crippen molar-refractivity contribution in [2.45, 2.75) is 0 Å². The largest absolute Gasteiger partial charge is 0.506 e. The second-order valence-electron chi connectivity index (χ2n) is 5.24. The number of aromatic hydroxyl groups is 1. The molecule has 0 saturated heterocycles. The standard InChI is InChI=1S/C17H13N3O2/c18-17(22)20-14-7-9-5-6-11-10-3-1-2-4-13(10)19-16(11)12(9)8-15(14)21/h1-8,19,21H,(H3,18,20,22). The lowest BCUT2D eigenvalue weighted by atomic mass is 10.0. The van der Waals surface area contributed by atoms with Gasteiger partial charge in [-0.2, -0.15) is 0 Å². The number of carbonyl (C=O) groups is 1. The molecule has 4 rings (SSSR count). The number of aromatic nitrogens is 1. The molecule has 0 aliphatic rings.